The van der Waals surface area contributed by atoms with E-state index >= 15 is 0 Å². The molecule has 6 heteroatoms. The van der Waals surface area contributed by atoms with Gasteiger partial charge in [0.2, 0.25) is 0 Å². The molecule has 0 aliphatic carbocycles. The molecule has 1 aliphatic heterocycles. The third-order valence-corrected chi connectivity index (χ3v) is 3.86. The van der Waals surface area contributed by atoms with Crippen molar-refractivity contribution < 1.29 is 23.1 Å². The number of hydrogen-bond acceptors (Lipinski definition) is 2. The highest BCUT2D eigenvalue weighted by molar-refractivity contribution is 5.67. The topological polar surface area (TPSA) is 40.5 Å². The molecule has 1 aromatic carbocycles. The molecule has 1 N–H and O–H groups in total. The number of piperidine rings is 1. The Morgan fingerprint density at radius 1 is 1.19 bits per heavy atom. The molecular formula is C15H18F3NO2. The zero-order valence-electron chi connectivity index (χ0n) is 11.6. The zero-order chi connectivity index (χ0) is 15.5. The van der Waals surface area contributed by atoms with Crippen molar-refractivity contribution in [3.63, 3.8) is 0 Å². The van der Waals surface area contributed by atoms with E-state index in [1.807, 2.05) is 0 Å². The molecule has 0 unspecified atom stereocenters. The van der Waals surface area contributed by atoms with Gasteiger partial charge in [-0.1, -0.05) is 12.1 Å². The first-order valence-corrected chi connectivity index (χ1v) is 6.95. The van der Waals surface area contributed by atoms with Crippen molar-refractivity contribution >= 4 is 5.97 Å². The van der Waals surface area contributed by atoms with Crippen LogP contribution in [0.5, 0.6) is 0 Å². The zero-order valence-corrected chi connectivity index (χ0v) is 11.6. The molecule has 116 valence electrons. The molecule has 1 aromatic rings. The van der Waals surface area contributed by atoms with Crippen LogP contribution in [0.25, 0.3) is 0 Å². The fourth-order valence-corrected chi connectivity index (χ4v) is 2.65. The van der Waals surface area contributed by atoms with Crippen molar-refractivity contribution in [2.45, 2.75) is 32.0 Å². The Morgan fingerprint density at radius 3 is 2.24 bits per heavy atom. The van der Waals surface area contributed by atoms with Gasteiger partial charge in [-0.15, -0.1) is 0 Å². The summed E-state index contributed by atoms with van der Waals surface area (Å²) in [6, 6.07) is 5.22. The third-order valence-electron chi connectivity index (χ3n) is 3.86. The van der Waals surface area contributed by atoms with Crippen LogP contribution in [0.1, 0.15) is 30.4 Å². The first-order valence-electron chi connectivity index (χ1n) is 6.95. The van der Waals surface area contributed by atoms with Gasteiger partial charge in [-0.05, 0) is 49.5 Å². The summed E-state index contributed by atoms with van der Waals surface area (Å²) >= 11 is 0. The number of alkyl halides is 3. The van der Waals surface area contributed by atoms with Crippen LogP contribution in [0.3, 0.4) is 0 Å². The number of benzene rings is 1. The minimum atomic E-state index is -4.30. The van der Waals surface area contributed by atoms with Crippen molar-refractivity contribution in [2.24, 2.45) is 5.92 Å². The average molecular weight is 301 g/mol. The quantitative estimate of drug-likeness (QED) is 0.926. The van der Waals surface area contributed by atoms with Gasteiger partial charge in [-0.3, -0.25) is 9.69 Å². The predicted molar refractivity (Wildman–Crippen MR) is 71.7 cm³/mol. The van der Waals surface area contributed by atoms with E-state index in [1.165, 1.54) is 12.1 Å². The second-order valence-electron chi connectivity index (χ2n) is 5.51. The van der Waals surface area contributed by atoms with E-state index in [-0.39, 0.29) is 12.3 Å². The SMILES string of the molecule is O=C(O)CC1CCN(Cc2ccc(C(F)(F)F)cc2)CC1. The van der Waals surface area contributed by atoms with Gasteiger partial charge in [0.1, 0.15) is 0 Å². The summed E-state index contributed by atoms with van der Waals surface area (Å²) in [4.78, 5) is 12.8. The molecule has 1 aliphatic rings. The van der Waals surface area contributed by atoms with Crippen LogP contribution in [0.15, 0.2) is 24.3 Å². The number of aliphatic carboxylic acids is 1. The van der Waals surface area contributed by atoms with Gasteiger partial charge < -0.3 is 5.11 Å². The van der Waals surface area contributed by atoms with Gasteiger partial charge in [-0.2, -0.15) is 13.2 Å². The molecule has 0 radical (unpaired) electrons. The van der Waals surface area contributed by atoms with Crippen LogP contribution in [-0.4, -0.2) is 29.1 Å². The summed E-state index contributed by atoms with van der Waals surface area (Å²) in [6.45, 7) is 2.19. The Bertz CT molecular complexity index is 477. The smallest absolute Gasteiger partial charge is 0.416 e. The largest absolute Gasteiger partial charge is 0.481 e. The monoisotopic (exact) mass is 301 g/mol. The summed E-state index contributed by atoms with van der Waals surface area (Å²) in [5.41, 5.74) is 0.214. The second-order valence-corrected chi connectivity index (χ2v) is 5.51. The lowest BCUT2D eigenvalue weighted by Gasteiger charge is -2.31. The number of halogens is 3. The Hall–Kier alpha value is -1.56. The third kappa shape index (κ3) is 4.74. The first-order chi connectivity index (χ1) is 9.84. The van der Waals surface area contributed by atoms with Crippen LogP contribution in [0, 0.1) is 5.92 Å². The Labute approximate surface area is 121 Å². The van der Waals surface area contributed by atoms with Gasteiger partial charge in [0, 0.05) is 13.0 Å². The van der Waals surface area contributed by atoms with Gasteiger partial charge in [-0.25, -0.2) is 0 Å². The summed E-state index contributed by atoms with van der Waals surface area (Å²) in [7, 11) is 0. The molecule has 1 heterocycles. The average Bonchev–Trinajstić information content (AvgIpc) is 2.40. The maximum absolute atomic E-state index is 12.5. The molecule has 0 saturated carbocycles. The van der Waals surface area contributed by atoms with E-state index in [2.05, 4.69) is 4.90 Å². The van der Waals surface area contributed by atoms with Gasteiger partial charge in [0.15, 0.2) is 0 Å². The van der Waals surface area contributed by atoms with Crippen molar-refractivity contribution in [3.8, 4) is 0 Å². The summed E-state index contributed by atoms with van der Waals surface area (Å²) in [5.74, 6) is -0.553. The summed E-state index contributed by atoms with van der Waals surface area (Å²) in [6.07, 6.45) is -2.44. The minimum Gasteiger partial charge on any atom is -0.481 e. The molecule has 1 saturated heterocycles. The number of carboxylic acid groups (broad SMARTS) is 1. The standard InChI is InChI=1S/C15H18F3NO2/c16-15(17,18)13-3-1-12(2-4-13)10-19-7-5-11(6-8-19)9-14(20)21/h1-4,11H,5-10H2,(H,20,21). The van der Waals surface area contributed by atoms with Gasteiger partial charge >= 0.3 is 12.1 Å². The van der Waals surface area contributed by atoms with Crippen LogP contribution < -0.4 is 0 Å². The number of nitrogens with zero attached hydrogens (tertiary/aromatic N) is 1. The molecule has 1 fully saturated rings. The molecule has 0 atom stereocenters. The van der Waals surface area contributed by atoms with E-state index in [9.17, 15) is 18.0 Å². The van der Waals surface area contributed by atoms with Crippen molar-refractivity contribution in [2.75, 3.05) is 13.1 Å². The minimum absolute atomic E-state index is 0.202. The van der Waals surface area contributed by atoms with Gasteiger partial charge in [0.05, 0.1) is 5.56 Å². The Kier molecular flexibility index (Phi) is 4.88. The lowest BCUT2D eigenvalue weighted by atomic mass is 9.93. The van der Waals surface area contributed by atoms with Crippen molar-refractivity contribution in [1.29, 1.82) is 0 Å². The number of carbonyl (C=O) groups is 1. The van der Waals surface area contributed by atoms with E-state index < -0.39 is 17.7 Å². The van der Waals surface area contributed by atoms with E-state index in [4.69, 9.17) is 5.11 Å². The van der Waals surface area contributed by atoms with Crippen molar-refractivity contribution in [1.82, 2.24) is 4.90 Å². The number of carboxylic acids is 1. The first kappa shape index (κ1) is 15.8. The lowest BCUT2D eigenvalue weighted by molar-refractivity contribution is -0.139. The molecule has 0 spiro atoms. The van der Waals surface area contributed by atoms with Crippen molar-refractivity contribution in [3.05, 3.63) is 35.4 Å². The number of rotatable bonds is 4. The fraction of sp³-hybridized carbons (Fsp3) is 0.533. The molecule has 0 bridgehead atoms. The van der Waals surface area contributed by atoms with Crippen LogP contribution in [0.4, 0.5) is 13.2 Å². The van der Waals surface area contributed by atoms with E-state index in [1.54, 1.807) is 0 Å². The molecule has 2 rings (SSSR count). The molecule has 3 nitrogen and oxygen atoms in total. The molecule has 0 aromatic heterocycles. The fourth-order valence-electron chi connectivity index (χ4n) is 2.65. The lowest BCUT2D eigenvalue weighted by Crippen LogP contribution is -2.33. The normalized spacial score (nSPS) is 17.9. The van der Waals surface area contributed by atoms with E-state index in [0.717, 1.165) is 43.6 Å². The predicted octanol–water partition coefficient (Wildman–Crippen LogP) is 3.39. The Balaban J connectivity index is 1.85. The van der Waals surface area contributed by atoms with Crippen LogP contribution in [0.2, 0.25) is 0 Å². The molecular weight excluding hydrogens is 283 g/mol. The highest BCUT2D eigenvalue weighted by Crippen LogP contribution is 2.29. The molecule has 0 amide bonds. The summed E-state index contributed by atoms with van der Waals surface area (Å²) in [5, 5.41) is 8.75. The molecule has 21 heavy (non-hydrogen) atoms. The Morgan fingerprint density at radius 2 is 1.76 bits per heavy atom. The van der Waals surface area contributed by atoms with Crippen LogP contribution >= 0.6 is 0 Å². The van der Waals surface area contributed by atoms with E-state index in [0.29, 0.717) is 6.54 Å². The van der Waals surface area contributed by atoms with Crippen LogP contribution in [-0.2, 0) is 17.5 Å². The number of hydrogen-bond donors (Lipinski definition) is 1. The van der Waals surface area contributed by atoms with Gasteiger partial charge in [0.25, 0.3) is 0 Å². The maximum atomic E-state index is 12.5. The highest BCUT2D eigenvalue weighted by Gasteiger charge is 2.30. The highest BCUT2D eigenvalue weighted by atomic mass is 19.4. The maximum Gasteiger partial charge on any atom is 0.416 e. The number of likely N-dealkylation sites (tertiary alicyclic amines) is 1. The summed E-state index contributed by atoms with van der Waals surface area (Å²) < 4.78 is 37.4. The second kappa shape index (κ2) is 6.47.